The van der Waals surface area contributed by atoms with Crippen molar-refractivity contribution in [3.63, 3.8) is 0 Å². The second kappa shape index (κ2) is 4.94. The van der Waals surface area contributed by atoms with Crippen LogP contribution in [0.15, 0.2) is 40.8 Å². The first-order valence-corrected chi connectivity index (χ1v) is 6.31. The molecule has 0 aliphatic heterocycles. The van der Waals surface area contributed by atoms with Gasteiger partial charge < -0.3 is 10.1 Å². The van der Waals surface area contributed by atoms with Crippen molar-refractivity contribution in [1.82, 2.24) is 19.9 Å². The third-order valence-electron chi connectivity index (χ3n) is 2.57. The Morgan fingerprint density at radius 2 is 2.16 bits per heavy atom. The van der Waals surface area contributed by atoms with Crippen molar-refractivity contribution in [3.05, 3.63) is 42.2 Å². The van der Waals surface area contributed by atoms with Gasteiger partial charge in [-0.25, -0.2) is 19.3 Å². The Balaban J connectivity index is 1.99. The van der Waals surface area contributed by atoms with Gasteiger partial charge in [-0.05, 0) is 17.7 Å². The first-order valence-electron chi connectivity index (χ1n) is 5.49. The molecule has 7 heteroatoms. The zero-order chi connectivity index (χ0) is 13.2. The number of aliphatic hydroxyl groups is 1. The quantitative estimate of drug-likeness (QED) is 0.717. The van der Waals surface area contributed by atoms with E-state index in [1.165, 1.54) is 30.5 Å². The van der Waals surface area contributed by atoms with Crippen LogP contribution in [0, 0.1) is 5.82 Å². The number of aliphatic hydroxyl groups excluding tert-OH is 1. The van der Waals surface area contributed by atoms with Crippen LogP contribution in [-0.4, -0.2) is 25.0 Å². The van der Waals surface area contributed by atoms with E-state index in [2.05, 4.69) is 19.9 Å². The Hall–Kier alpha value is -1.99. The SMILES string of the molecule is OCc1ccc(Sc2ncnc3nc[nH]c23)c(F)c1. The van der Waals surface area contributed by atoms with E-state index in [0.29, 0.717) is 26.6 Å². The van der Waals surface area contributed by atoms with Gasteiger partial charge >= 0.3 is 0 Å². The molecule has 96 valence electrons. The van der Waals surface area contributed by atoms with Crippen molar-refractivity contribution in [3.8, 4) is 0 Å². The molecule has 0 amide bonds. The molecule has 3 aromatic rings. The molecule has 0 aliphatic rings. The van der Waals surface area contributed by atoms with Crippen molar-refractivity contribution < 1.29 is 9.50 Å². The number of rotatable bonds is 3. The summed E-state index contributed by atoms with van der Waals surface area (Å²) in [5, 5.41) is 9.56. The van der Waals surface area contributed by atoms with Gasteiger partial charge in [-0.15, -0.1) is 0 Å². The molecule has 19 heavy (non-hydrogen) atoms. The lowest BCUT2D eigenvalue weighted by molar-refractivity contribution is 0.281. The van der Waals surface area contributed by atoms with Gasteiger partial charge in [0.05, 0.1) is 12.9 Å². The summed E-state index contributed by atoms with van der Waals surface area (Å²) >= 11 is 1.19. The average Bonchev–Trinajstić information content (AvgIpc) is 2.90. The second-order valence-corrected chi connectivity index (χ2v) is 4.84. The highest BCUT2D eigenvalue weighted by Gasteiger charge is 2.11. The molecular weight excluding hydrogens is 267 g/mol. The summed E-state index contributed by atoms with van der Waals surface area (Å²) in [6.45, 7) is -0.180. The number of benzene rings is 1. The van der Waals surface area contributed by atoms with E-state index >= 15 is 0 Å². The molecule has 0 fully saturated rings. The molecule has 0 saturated heterocycles. The molecule has 5 nitrogen and oxygen atoms in total. The Morgan fingerprint density at radius 1 is 1.26 bits per heavy atom. The van der Waals surface area contributed by atoms with E-state index in [-0.39, 0.29) is 12.4 Å². The first-order chi connectivity index (χ1) is 9.28. The second-order valence-electron chi connectivity index (χ2n) is 3.80. The largest absolute Gasteiger partial charge is 0.392 e. The average molecular weight is 276 g/mol. The van der Waals surface area contributed by atoms with Gasteiger partial charge in [0.1, 0.15) is 22.7 Å². The molecule has 1 aromatic carbocycles. The predicted octanol–water partition coefficient (Wildman–Crippen LogP) is 2.14. The molecule has 2 aromatic heterocycles. The summed E-state index contributed by atoms with van der Waals surface area (Å²) in [6, 6.07) is 4.61. The molecule has 3 rings (SSSR count). The van der Waals surface area contributed by atoms with Crippen LogP contribution in [0.2, 0.25) is 0 Å². The number of nitrogens with one attached hydrogen (secondary N) is 1. The zero-order valence-electron chi connectivity index (χ0n) is 9.67. The van der Waals surface area contributed by atoms with Crippen LogP contribution in [0.25, 0.3) is 11.2 Å². The summed E-state index contributed by atoms with van der Waals surface area (Å²) in [5.41, 5.74) is 1.76. The van der Waals surface area contributed by atoms with Gasteiger partial charge in [-0.2, -0.15) is 0 Å². The fraction of sp³-hybridized carbons (Fsp3) is 0.0833. The van der Waals surface area contributed by atoms with Crippen molar-refractivity contribution in [2.75, 3.05) is 0 Å². The number of hydrogen-bond donors (Lipinski definition) is 2. The summed E-state index contributed by atoms with van der Waals surface area (Å²) in [4.78, 5) is 15.5. The van der Waals surface area contributed by atoms with E-state index in [9.17, 15) is 4.39 Å². The van der Waals surface area contributed by atoms with Gasteiger partial charge in [-0.1, -0.05) is 17.8 Å². The molecule has 0 radical (unpaired) electrons. The standard InChI is InChI=1S/C12H9FN4OS/c13-8-3-7(4-18)1-2-9(8)19-12-10-11(15-5-14-10)16-6-17-12/h1-3,5-6,18H,4H2,(H,14,15,16,17). The van der Waals surface area contributed by atoms with Crippen LogP contribution in [0.1, 0.15) is 5.56 Å². The van der Waals surface area contributed by atoms with Crippen LogP contribution in [0.3, 0.4) is 0 Å². The molecule has 0 unspecified atom stereocenters. The molecular formula is C12H9FN4OS. The van der Waals surface area contributed by atoms with Crippen molar-refractivity contribution in [2.45, 2.75) is 16.5 Å². The number of aromatic amines is 1. The fourth-order valence-electron chi connectivity index (χ4n) is 1.65. The van der Waals surface area contributed by atoms with Gasteiger partial charge in [0.25, 0.3) is 0 Å². The van der Waals surface area contributed by atoms with E-state index in [4.69, 9.17) is 5.11 Å². The van der Waals surface area contributed by atoms with Gasteiger partial charge in [0.15, 0.2) is 5.65 Å². The molecule has 0 bridgehead atoms. The van der Waals surface area contributed by atoms with Crippen molar-refractivity contribution in [1.29, 1.82) is 0 Å². The van der Waals surface area contributed by atoms with E-state index in [1.807, 2.05) is 0 Å². The van der Waals surface area contributed by atoms with Crippen LogP contribution >= 0.6 is 11.8 Å². The maximum Gasteiger partial charge on any atom is 0.181 e. The van der Waals surface area contributed by atoms with Gasteiger partial charge in [-0.3, -0.25) is 0 Å². The number of H-pyrrole nitrogens is 1. The third kappa shape index (κ3) is 2.29. The van der Waals surface area contributed by atoms with Crippen molar-refractivity contribution >= 4 is 22.9 Å². The maximum absolute atomic E-state index is 13.8. The Bertz CT molecular complexity index is 731. The van der Waals surface area contributed by atoms with Crippen molar-refractivity contribution in [2.24, 2.45) is 0 Å². The molecule has 2 N–H and O–H groups in total. The van der Waals surface area contributed by atoms with E-state index in [0.717, 1.165) is 0 Å². The highest BCUT2D eigenvalue weighted by molar-refractivity contribution is 7.99. The normalized spacial score (nSPS) is 11.1. The number of halogens is 1. The molecule has 0 aliphatic carbocycles. The summed E-state index contributed by atoms with van der Waals surface area (Å²) in [7, 11) is 0. The van der Waals surface area contributed by atoms with Gasteiger partial charge in [0, 0.05) is 4.90 Å². The minimum Gasteiger partial charge on any atom is -0.392 e. The minimum atomic E-state index is -0.386. The van der Waals surface area contributed by atoms with Crippen LogP contribution < -0.4 is 0 Å². The summed E-state index contributed by atoms with van der Waals surface area (Å²) in [6.07, 6.45) is 2.92. The smallest absolute Gasteiger partial charge is 0.181 e. The van der Waals surface area contributed by atoms with E-state index in [1.54, 1.807) is 12.1 Å². The van der Waals surface area contributed by atoms with Crippen LogP contribution in [0.4, 0.5) is 4.39 Å². The number of aromatic nitrogens is 4. The minimum absolute atomic E-state index is 0.180. The lowest BCUT2D eigenvalue weighted by Gasteiger charge is -2.04. The molecule has 0 spiro atoms. The summed E-state index contributed by atoms with van der Waals surface area (Å²) in [5.74, 6) is -0.386. The summed E-state index contributed by atoms with van der Waals surface area (Å²) < 4.78 is 13.8. The number of imidazole rings is 1. The topological polar surface area (TPSA) is 74.7 Å². The lowest BCUT2D eigenvalue weighted by atomic mass is 10.2. The fourth-order valence-corrected chi connectivity index (χ4v) is 2.50. The highest BCUT2D eigenvalue weighted by atomic mass is 32.2. The Kier molecular flexibility index (Phi) is 3.14. The third-order valence-corrected chi connectivity index (χ3v) is 3.63. The first kappa shape index (κ1) is 12.1. The number of hydrogen-bond acceptors (Lipinski definition) is 5. The zero-order valence-corrected chi connectivity index (χ0v) is 10.5. The molecule has 0 atom stereocenters. The number of nitrogens with zero attached hydrogens (tertiary/aromatic N) is 3. The monoisotopic (exact) mass is 276 g/mol. The van der Waals surface area contributed by atoms with Gasteiger partial charge in [0.2, 0.25) is 0 Å². The van der Waals surface area contributed by atoms with Crippen LogP contribution in [0.5, 0.6) is 0 Å². The van der Waals surface area contributed by atoms with E-state index < -0.39 is 0 Å². The lowest BCUT2D eigenvalue weighted by Crippen LogP contribution is -1.90. The predicted molar refractivity (Wildman–Crippen MR) is 68.1 cm³/mol. The molecule has 2 heterocycles. The maximum atomic E-state index is 13.8. The Morgan fingerprint density at radius 3 is 2.95 bits per heavy atom. The highest BCUT2D eigenvalue weighted by Crippen LogP contribution is 2.31. The molecule has 0 saturated carbocycles. The van der Waals surface area contributed by atoms with Crippen LogP contribution in [-0.2, 0) is 6.61 Å². The number of fused-ring (bicyclic) bond motifs is 1. The Labute approximate surface area is 111 Å².